The molecule has 4 rings (SSSR count). The first-order chi connectivity index (χ1) is 14.5. The molecule has 0 atom stereocenters. The van der Waals surface area contributed by atoms with Crippen molar-refractivity contribution in [2.24, 2.45) is 0 Å². The Bertz CT molecular complexity index is 1110. The van der Waals surface area contributed by atoms with Gasteiger partial charge in [-0.25, -0.2) is 4.39 Å². The van der Waals surface area contributed by atoms with Gasteiger partial charge in [-0.3, -0.25) is 4.79 Å². The van der Waals surface area contributed by atoms with Gasteiger partial charge in [-0.2, -0.15) is 5.26 Å². The van der Waals surface area contributed by atoms with E-state index in [0.717, 1.165) is 5.56 Å². The number of aryl methyl sites for hydroxylation is 1. The maximum atomic E-state index is 14.4. The zero-order chi connectivity index (χ0) is 21.3. The van der Waals surface area contributed by atoms with Gasteiger partial charge in [0.25, 0.3) is 5.91 Å². The third kappa shape index (κ3) is 3.35. The van der Waals surface area contributed by atoms with Crippen molar-refractivity contribution in [2.75, 3.05) is 13.1 Å². The fourth-order valence-electron chi connectivity index (χ4n) is 3.99. The predicted molar refractivity (Wildman–Crippen MR) is 111 cm³/mol. The molecule has 0 N–H and O–H groups in total. The second-order valence-electron chi connectivity index (χ2n) is 7.41. The number of rotatable bonds is 3. The molecule has 1 aliphatic heterocycles. The Labute approximate surface area is 178 Å². The number of nitrogens with zero attached hydrogens (tertiary/aromatic N) is 3. The maximum absolute atomic E-state index is 14.4. The number of hydrogen-bond acceptors (Lipinski definition) is 4. The van der Waals surface area contributed by atoms with Crippen LogP contribution in [0.2, 0.25) is 5.02 Å². The van der Waals surface area contributed by atoms with Crippen LogP contribution in [0.25, 0.3) is 11.3 Å². The van der Waals surface area contributed by atoms with E-state index in [9.17, 15) is 14.4 Å². The summed E-state index contributed by atoms with van der Waals surface area (Å²) in [6, 6.07) is 16.4. The van der Waals surface area contributed by atoms with E-state index in [1.54, 1.807) is 17.9 Å². The summed E-state index contributed by atoms with van der Waals surface area (Å²) in [7, 11) is 0. The molecule has 1 aliphatic rings. The van der Waals surface area contributed by atoms with Crippen LogP contribution in [0.4, 0.5) is 4.39 Å². The first kappa shape index (κ1) is 20.1. The molecule has 152 valence electrons. The highest BCUT2D eigenvalue weighted by Gasteiger charge is 2.39. The summed E-state index contributed by atoms with van der Waals surface area (Å²) in [6.07, 6.45) is 1.03. The van der Waals surface area contributed by atoms with Crippen molar-refractivity contribution in [3.8, 4) is 17.3 Å². The van der Waals surface area contributed by atoms with Gasteiger partial charge in [0.15, 0.2) is 0 Å². The minimum atomic E-state index is -0.626. The number of aromatic nitrogens is 1. The second kappa shape index (κ2) is 7.92. The van der Waals surface area contributed by atoms with Crippen molar-refractivity contribution >= 4 is 17.5 Å². The number of likely N-dealkylation sites (tertiary alicyclic amines) is 1. The van der Waals surface area contributed by atoms with Crippen LogP contribution < -0.4 is 0 Å². The number of piperidine rings is 1. The van der Waals surface area contributed by atoms with Crippen LogP contribution in [0.5, 0.6) is 0 Å². The summed E-state index contributed by atoms with van der Waals surface area (Å²) < 4.78 is 19.7. The molecule has 0 unspecified atom stereocenters. The van der Waals surface area contributed by atoms with Gasteiger partial charge in [-0.15, -0.1) is 0 Å². The maximum Gasteiger partial charge on any atom is 0.259 e. The quantitative estimate of drug-likeness (QED) is 0.584. The number of benzene rings is 2. The summed E-state index contributed by atoms with van der Waals surface area (Å²) in [4.78, 5) is 15.0. The first-order valence-electron chi connectivity index (χ1n) is 9.63. The van der Waals surface area contributed by atoms with Crippen molar-refractivity contribution in [1.82, 2.24) is 10.1 Å². The molecule has 30 heavy (non-hydrogen) atoms. The third-order valence-electron chi connectivity index (χ3n) is 5.72. The van der Waals surface area contributed by atoms with Gasteiger partial charge < -0.3 is 9.42 Å². The lowest BCUT2D eigenvalue weighted by molar-refractivity contribution is 0.0691. The molecule has 2 aromatic carbocycles. The molecular formula is C23H19ClFN3O2. The average molecular weight is 424 g/mol. The SMILES string of the molecule is Cc1onc(-c2c(F)cccc2Cl)c1C(=O)N1CCC(C#N)(c2ccccc2)CC1. The summed E-state index contributed by atoms with van der Waals surface area (Å²) in [6.45, 7) is 2.42. The molecular weight excluding hydrogens is 405 g/mol. The standard InChI is InChI=1S/C23H19ClFN3O2/c1-15-19(21(27-30-15)20-17(24)8-5-9-18(20)25)22(29)28-12-10-23(14-26,11-13-28)16-6-3-2-4-7-16/h2-9H,10-13H2,1H3. The topological polar surface area (TPSA) is 70.1 Å². The molecule has 1 amide bonds. The van der Waals surface area contributed by atoms with E-state index in [-0.39, 0.29) is 27.8 Å². The molecule has 5 nitrogen and oxygen atoms in total. The normalized spacial score (nSPS) is 15.6. The van der Waals surface area contributed by atoms with E-state index in [4.69, 9.17) is 16.1 Å². The van der Waals surface area contributed by atoms with E-state index in [0.29, 0.717) is 31.7 Å². The molecule has 1 saturated heterocycles. The predicted octanol–water partition coefficient (Wildman–Crippen LogP) is 5.14. The molecule has 0 bridgehead atoms. The van der Waals surface area contributed by atoms with Crippen molar-refractivity contribution < 1.29 is 13.7 Å². The van der Waals surface area contributed by atoms with E-state index < -0.39 is 11.2 Å². The van der Waals surface area contributed by atoms with E-state index in [1.165, 1.54) is 12.1 Å². The Morgan fingerprint density at radius 2 is 1.90 bits per heavy atom. The largest absolute Gasteiger partial charge is 0.360 e. The Hall–Kier alpha value is -3.17. The monoisotopic (exact) mass is 423 g/mol. The van der Waals surface area contributed by atoms with E-state index in [2.05, 4.69) is 11.2 Å². The van der Waals surface area contributed by atoms with Gasteiger partial charge in [-0.05, 0) is 37.5 Å². The molecule has 0 spiro atoms. The lowest BCUT2D eigenvalue weighted by atomic mass is 9.74. The Balaban J connectivity index is 1.62. The zero-order valence-electron chi connectivity index (χ0n) is 16.4. The molecule has 0 aliphatic carbocycles. The lowest BCUT2D eigenvalue weighted by Crippen LogP contribution is -2.44. The summed E-state index contributed by atoms with van der Waals surface area (Å²) >= 11 is 6.18. The fraction of sp³-hybridized carbons (Fsp3) is 0.261. The van der Waals surface area contributed by atoms with Gasteiger partial charge >= 0.3 is 0 Å². The highest BCUT2D eigenvalue weighted by atomic mass is 35.5. The highest BCUT2D eigenvalue weighted by Crippen LogP contribution is 2.37. The molecule has 1 fully saturated rings. The van der Waals surface area contributed by atoms with E-state index >= 15 is 0 Å². The number of nitriles is 1. The molecule has 0 saturated carbocycles. The third-order valence-corrected chi connectivity index (χ3v) is 6.04. The van der Waals surface area contributed by atoms with Gasteiger partial charge in [0, 0.05) is 13.1 Å². The number of carbonyl (C=O) groups excluding carboxylic acids is 1. The Morgan fingerprint density at radius 3 is 2.53 bits per heavy atom. The minimum Gasteiger partial charge on any atom is -0.360 e. The number of carbonyl (C=O) groups is 1. The van der Waals surface area contributed by atoms with Crippen LogP contribution in [0.15, 0.2) is 53.1 Å². The van der Waals surface area contributed by atoms with Crippen molar-refractivity contribution in [3.63, 3.8) is 0 Å². The first-order valence-corrected chi connectivity index (χ1v) is 10.0. The van der Waals surface area contributed by atoms with Crippen molar-refractivity contribution in [1.29, 1.82) is 5.26 Å². The van der Waals surface area contributed by atoms with Crippen LogP contribution in [0.3, 0.4) is 0 Å². The Morgan fingerprint density at radius 1 is 1.20 bits per heavy atom. The van der Waals surface area contributed by atoms with Crippen LogP contribution in [0.1, 0.15) is 34.5 Å². The van der Waals surface area contributed by atoms with Gasteiger partial charge in [0.2, 0.25) is 0 Å². The van der Waals surface area contributed by atoms with Gasteiger partial charge in [-0.1, -0.05) is 53.2 Å². The van der Waals surface area contributed by atoms with Gasteiger partial charge in [0.1, 0.15) is 22.8 Å². The van der Waals surface area contributed by atoms with Crippen molar-refractivity contribution in [3.05, 3.63) is 76.3 Å². The molecule has 0 radical (unpaired) electrons. The van der Waals surface area contributed by atoms with Gasteiger partial charge in [0.05, 0.1) is 22.1 Å². The molecule has 7 heteroatoms. The second-order valence-corrected chi connectivity index (χ2v) is 7.82. The van der Waals surface area contributed by atoms with E-state index in [1.807, 2.05) is 30.3 Å². The minimum absolute atomic E-state index is 0.0482. The smallest absolute Gasteiger partial charge is 0.259 e. The number of amides is 1. The summed E-state index contributed by atoms with van der Waals surface area (Å²) in [5.41, 5.74) is 0.679. The number of halogens is 2. The van der Waals surface area contributed by atoms with Crippen LogP contribution >= 0.6 is 11.6 Å². The molecule has 3 aromatic rings. The number of hydrogen-bond donors (Lipinski definition) is 0. The highest BCUT2D eigenvalue weighted by molar-refractivity contribution is 6.33. The average Bonchev–Trinajstić information content (AvgIpc) is 3.14. The van der Waals surface area contributed by atoms with Crippen LogP contribution in [0, 0.1) is 24.1 Å². The molecule has 2 heterocycles. The lowest BCUT2D eigenvalue weighted by Gasteiger charge is -2.37. The van der Waals surface area contributed by atoms with Crippen LogP contribution in [-0.2, 0) is 5.41 Å². The fourth-order valence-corrected chi connectivity index (χ4v) is 4.24. The Kier molecular flexibility index (Phi) is 5.31. The van der Waals surface area contributed by atoms with Crippen LogP contribution in [-0.4, -0.2) is 29.1 Å². The van der Waals surface area contributed by atoms with Crippen molar-refractivity contribution in [2.45, 2.75) is 25.2 Å². The zero-order valence-corrected chi connectivity index (χ0v) is 17.1. The summed E-state index contributed by atoms with van der Waals surface area (Å²) in [5, 5.41) is 13.9. The summed E-state index contributed by atoms with van der Waals surface area (Å²) in [5.74, 6) is -0.576. The molecule has 1 aromatic heterocycles.